The van der Waals surface area contributed by atoms with E-state index < -0.39 is 0 Å². The molecule has 1 N–H and O–H groups in total. The molecule has 0 atom stereocenters. The molecule has 2 aromatic heterocycles. The zero-order chi connectivity index (χ0) is 18.4. The van der Waals surface area contributed by atoms with Crippen LogP contribution in [0.15, 0.2) is 58.5 Å². The third-order valence-electron chi connectivity index (χ3n) is 3.94. The number of ether oxygens (including phenoxy) is 1. The number of rotatable bonds is 7. The molecule has 0 aliphatic carbocycles. The number of aromatic nitrogens is 1. The van der Waals surface area contributed by atoms with Gasteiger partial charge in [-0.1, -0.05) is 12.1 Å². The van der Waals surface area contributed by atoms with Crippen molar-refractivity contribution < 1.29 is 9.53 Å². The number of carbonyl (C=O) groups excluding carboxylic acids is 1. The van der Waals surface area contributed by atoms with Gasteiger partial charge in [-0.05, 0) is 69.2 Å². The molecule has 1 aromatic carbocycles. The molecule has 0 bridgehead atoms. The van der Waals surface area contributed by atoms with Gasteiger partial charge in [0.25, 0.3) is 0 Å². The summed E-state index contributed by atoms with van der Waals surface area (Å²) in [4.78, 5) is 17.7. The van der Waals surface area contributed by atoms with Crippen LogP contribution in [0.25, 0.3) is 10.6 Å². The van der Waals surface area contributed by atoms with Crippen LogP contribution in [0.4, 0.5) is 0 Å². The van der Waals surface area contributed by atoms with Crippen molar-refractivity contribution in [1.82, 2.24) is 10.3 Å². The number of thiophene rings is 1. The second-order valence-electron chi connectivity index (χ2n) is 5.77. The standard InChI is InChI=1S/C20H19BrN2O2S/c1-25-18-6-4-14(11-16(18)21)5-7-20(24)23-13-15-8-9-22-17(12-15)19-3-2-10-26-19/h2-4,6,8-12H,5,7,13H2,1H3,(H,23,24). The van der Waals surface area contributed by atoms with Gasteiger partial charge >= 0.3 is 0 Å². The Hall–Kier alpha value is -2.18. The van der Waals surface area contributed by atoms with Crippen LogP contribution in [0.2, 0.25) is 0 Å². The van der Waals surface area contributed by atoms with E-state index in [1.54, 1.807) is 24.6 Å². The number of benzene rings is 1. The monoisotopic (exact) mass is 430 g/mol. The predicted molar refractivity (Wildman–Crippen MR) is 108 cm³/mol. The molecule has 0 radical (unpaired) electrons. The van der Waals surface area contributed by atoms with Gasteiger partial charge in [-0.3, -0.25) is 9.78 Å². The first-order valence-corrected chi connectivity index (χ1v) is 9.91. The average Bonchev–Trinajstić information content (AvgIpc) is 3.20. The summed E-state index contributed by atoms with van der Waals surface area (Å²) in [6.07, 6.45) is 2.91. The molecule has 0 spiro atoms. The van der Waals surface area contributed by atoms with E-state index in [1.807, 2.05) is 47.8 Å². The van der Waals surface area contributed by atoms with Crippen molar-refractivity contribution in [3.05, 3.63) is 69.6 Å². The molecule has 4 nitrogen and oxygen atoms in total. The van der Waals surface area contributed by atoms with E-state index in [2.05, 4.69) is 26.2 Å². The van der Waals surface area contributed by atoms with Crippen LogP contribution in [-0.2, 0) is 17.8 Å². The summed E-state index contributed by atoms with van der Waals surface area (Å²) in [7, 11) is 1.64. The maximum absolute atomic E-state index is 12.2. The highest BCUT2D eigenvalue weighted by atomic mass is 79.9. The lowest BCUT2D eigenvalue weighted by Gasteiger charge is -2.08. The summed E-state index contributed by atoms with van der Waals surface area (Å²) >= 11 is 5.12. The maximum atomic E-state index is 12.2. The van der Waals surface area contributed by atoms with E-state index in [0.29, 0.717) is 19.4 Å². The Labute approximate surface area is 165 Å². The van der Waals surface area contributed by atoms with Crippen LogP contribution in [0.1, 0.15) is 17.5 Å². The van der Waals surface area contributed by atoms with Gasteiger partial charge in [-0.15, -0.1) is 11.3 Å². The zero-order valence-corrected chi connectivity index (χ0v) is 16.8. The van der Waals surface area contributed by atoms with Gasteiger partial charge in [-0.25, -0.2) is 0 Å². The van der Waals surface area contributed by atoms with Crippen molar-refractivity contribution in [3.63, 3.8) is 0 Å². The molecule has 0 aliphatic heterocycles. The summed E-state index contributed by atoms with van der Waals surface area (Å²) in [5, 5.41) is 5.01. The molecule has 134 valence electrons. The lowest BCUT2D eigenvalue weighted by molar-refractivity contribution is -0.121. The van der Waals surface area contributed by atoms with Gasteiger partial charge in [0.05, 0.1) is 22.2 Å². The average molecular weight is 431 g/mol. The third-order valence-corrected chi connectivity index (χ3v) is 5.46. The second kappa shape index (κ2) is 8.96. The van der Waals surface area contributed by atoms with Gasteiger partial charge in [0.2, 0.25) is 5.91 Å². The third kappa shape index (κ3) is 4.93. The second-order valence-corrected chi connectivity index (χ2v) is 7.57. The molecule has 3 aromatic rings. The van der Waals surface area contributed by atoms with E-state index in [1.165, 1.54) is 0 Å². The van der Waals surface area contributed by atoms with Crippen LogP contribution >= 0.6 is 27.3 Å². The molecule has 0 fully saturated rings. The van der Waals surface area contributed by atoms with Crippen LogP contribution in [0, 0.1) is 0 Å². The molecule has 26 heavy (non-hydrogen) atoms. The number of aryl methyl sites for hydroxylation is 1. The summed E-state index contributed by atoms with van der Waals surface area (Å²) in [5.41, 5.74) is 3.08. The van der Waals surface area contributed by atoms with Crippen molar-refractivity contribution in [3.8, 4) is 16.3 Å². The highest BCUT2D eigenvalue weighted by Gasteiger charge is 2.06. The van der Waals surface area contributed by atoms with Crippen LogP contribution in [0.3, 0.4) is 0 Å². The number of hydrogen-bond acceptors (Lipinski definition) is 4. The van der Waals surface area contributed by atoms with Gasteiger partial charge in [-0.2, -0.15) is 0 Å². The zero-order valence-electron chi connectivity index (χ0n) is 14.4. The summed E-state index contributed by atoms with van der Waals surface area (Å²) < 4.78 is 6.12. The first-order chi connectivity index (χ1) is 12.7. The number of pyridine rings is 1. The van der Waals surface area contributed by atoms with Crippen molar-refractivity contribution in [2.24, 2.45) is 0 Å². The Balaban J connectivity index is 1.51. The minimum Gasteiger partial charge on any atom is -0.496 e. The van der Waals surface area contributed by atoms with Crippen molar-refractivity contribution in [1.29, 1.82) is 0 Å². The molecule has 0 saturated heterocycles. The minimum atomic E-state index is 0.0337. The Morgan fingerprint density at radius 1 is 1.23 bits per heavy atom. The number of amides is 1. The molecule has 1 amide bonds. The number of carbonyl (C=O) groups is 1. The first kappa shape index (κ1) is 18.6. The Bertz CT molecular complexity index is 881. The lowest BCUT2D eigenvalue weighted by atomic mass is 10.1. The minimum absolute atomic E-state index is 0.0337. The molecule has 0 unspecified atom stereocenters. The molecule has 3 rings (SSSR count). The van der Waals surface area contributed by atoms with Crippen LogP contribution in [0.5, 0.6) is 5.75 Å². The van der Waals surface area contributed by atoms with E-state index in [-0.39, 0.29) is 5.91 Å². The SMILES string of the molecule is COc1ccc(CCC(=O)NCc2ccnc(-c3cccs3)c2)cc1Br. The van der Waals surface area contributed by atoms with E-state index in [0.717, 1.165) is 31.9 Å². The summed E-state index contributed by atoms with van der Waals surface area (Å²) in [5.74, 6) is 0.823. The Morgan fingerprint density at radius 2 is 2.12 bits per heavy atom. The van der Waals surface area contributed by atoms with Crippen molar-refractivity contribution in [2.75, 3.05) is 7.11 Å². The topological polar surface area (TPSA) is 51.2 Å². The number of methoxy groups -OCH3 is 1. The first-order valence-electron chi connectivity index (χ1n) is 8.23. The van der Waals surface area contributed by atoms with E-state index >= 15 is 0 Å². The Kier molecular flexibility index (Phi) is 6.41. The molecule has 2 heterocycles. The van der Waals surface area contributed by atoms with E-state index in [4.69, 9.17) is 4.74 Å². The maximum Gasteiger partial charge on any atom is 0.220 e. The van der Waals surface area contributed by atoms with Gasteiger partial charge < -0.3 is 10.1 Å². The number of nitrogens with one attached hydrogen (secondary N) is 1. The quantitative estimate of drug-likeness (QED) is 0.583. The normalized spacial score (nSPS) is 10.5. The molecular formula is C20H19BrN2O2S. The summed E-state index contributed by atoms with van der Waals surface area (Å²) in [6.45, 7) is 0.506. The fourth-order valence-electron chi connectivity index (χ4n) is 2.56. The fourth-order valence-corrected chi connectivity index (χ4v) is 3.84. The van der Waals surface area contributed by atoms with E-state index in [9.17, 15) is 4.79 Å². The molecule has 6 heteroatoms. The largest absolute Gasteiger partial charge is 0.496 e. The highest BCUT2D eigenvalue weighted by Crippen LogP contribution is 2.26. The molecular weight excluding hydrogens is 412 g/mol. The summed E-state index contributed by atoms with van der Waals surface area (Å²) in [6, 6.07) is 13.9. The number of nitrogens with zero attached hydrogens (tertiary/aromatic N) is 1. The smallest absolute Gasteiger partial charge is 0.220 e. The highest BCUT2D eigenvalue weighted by molar-refractivity contribution is 9.10. The number of halogens is 1. The molecule has 0 aliphatic rings. The Morgan fingerprint density at radius 3 is 2.85 bits per heavy atom. The number of hydrogen-bond donors (Lipinski definition) is 1. The van der Waals surface area contributed by atoms with Gasteiger partial charge in [0.15, 0.2) is 0 Å². The fraction of sp³-hybridized carbons (Fsp3) is 0.200. The van der Waals surface area contributed by atoms with Crippen LogP contribution < -0.4 is 10.1 Å². The van der Waals surface area contributed by atoms with Crippen LogP contribution in [-0.4, -0.2) is 18.0 Å². The van der Waals surface area contributed by atoms with Crippen molar-refractivity contribution >= 4 is 33.2 Å². The van der Waals surface area contributed by atoms with Crippen molar-refractivity contribution in [2.45, 2.75) is 19.4 Å². The van der Waals surface area contributed by atoms with Gasteiger partial charge in [0.1, 0.15) is 5.75 Å². The molecule has 0 saturated carbocycles. The van der Waals surface area contributed by atoms with Gasteiger partial charge in [0, 0.05) is 19.2 Å². The predicted octanol–water partition coefficient (Wildman–Crippen LogP) is 4.83. The lowest BCUT2D eigenvalue weighted by Crippen LogP contribution is -2.23.